The molecule has 0 unspecified atom stereocenters. The Bertz CT molecular complexity index is 1090. The Hall–Kier alpha value is -4.01. The standard InChI is InChI=1S/C22H22N2O7/c1-12-8-18(30-4)19(31-5)10-13(12)9-15-20(25)23-22(27)24(21(15)26)16-7-6-14(28-2)11-17(16)29-3/h6-11H,1-5H3,(H,23,25,27). The first-order valence-electron chi connectivity index (χ1n) is 9.20. The van der Waals surface area contributed by atoms with Crippen molar-refractivity contribution in [2.45, 2.75) is 6.92 Å². The maximum absolute atomic E-state index is 13.2. The van der Waals surface area contributed by atoms with Gasteiger partial charge in [-0.15, -0.1) is 0 Å². The molecule has 0 radical (unpaired) electrons. The summed E-state index contributed by atoms with van der Waals surface area (Å²) in [5.74, 6) is 0.0890. The van der Waals surface area contributed by atoms with E-state index in [-0.39, 0.29) is 17.0 Å². The van der Waals surface area contributed by atoms with Crippen LogP contribution in [0.1, 0.15) is 11.1 Å². The number of carbonyl (C=O) groups excluding carboxylic acids is 3. The van der Waals surface area contributed by atoms with Gasteiger partial charge in [0.15, 0.2) is 11.5 Å². The molecule has 0 atom stereocenters. The molecule has 3 rings (SSSR count). The molecule has 31 heavy (non-hydrogen) atoms. The third kappa shape index (κ3) is 4.02. The van der Waals surface area contributed by atoms with Crippen molar-refractivity contribution in [2.24, 2.45) is 0 Å². The quantitative estimate of drug-likeness (QED) is 0.559. The third-order valence-electron chi connectivity index (χ3n) is 4.80. The zero-order chi connectivity index (χ0) is 22.7. The normalized spacial score (nSPS) is 15.1. The molecular weight excluding hydrogens is 404 g/mol. The van der Waals surface area contributed by atoms with Gasteiger partial charge in [0.25, 0.3) is 11.8 Å². The van der Waals surface area contributed by atoms with Crippen molar-refractivity contribution in [1.82, 2.24) is 5.32 Å². The lowest BCUT2D eigenvalue weighted by atomic mass is 10.0. The van der Waals surface area contributed by atoms with Crippen molar-refractivity contribution >= 4 is 29.6 Å². The number of amides is 4. The molecule has 0 spiro atoms. The summed E-state index contributed by atoms with van der Waals surface area (Å²) >= 11 is 0. The van der Waals surface area contributed by atoms with E-state index >= 15 is 0 Å². The number of nitrogens with zero attached hydrogens (tertiary/aromatic N) is 1. The fourth-order valence-electron chi connectivity index (χ4n) is 3.15. The Morgan fingerprint density at radius 3 is 2.10 bits per heavy atom. The van der Waals surface area contributed by atoms with E-state index in [1.165, 1.54) is 46.6 Å². The topological polar surface area (TPSA) is 103 Å². The second kappa shape index (κ2) is 8.78. The number of hydrogen-bond donors (Lipinski definition) is 1. The maximum atomic E-state index is 13.2. The highest BCUT2D eigenvalue weighted by molar-refractivity contribution is 6.39. The van der Waals surface area contributed by atoms with E-state index in [9.17, 15) is 14.4 Å². The molecule has 1 aliphatic heterocycles. The minimum absolute atomic E-state index is 0.174. The molecule has 0 saturated carbocycles. The van der Waals surface area contributed by atoms with Crippen molar-refractivity contribution in [3.63, 3.8) is 0 Å². The van der Waals surface area contributed by atoms with Crippen molar-refractivity contribution < 1.29 is 33.3 Å². The van der Waals surface area contributed by atoms with Gasteiger partial charge in [0.05, 0.1) is 34.1 Å². The molecule has 1 N–H and O–H groups in total. The highest BCUT2D eigenvalue weighted by atomic mass is 16.5. The number of barbiturate groups is 1. The van der Waals surface area contributed by atoms with Gasteiger partial charge >= 0.3 is 6.03 Å². The van der Waals surface area contributed by atoms with E-state index in [1.54, 1.807) is 25.1 Å². The van der Waals surface area contributed by atoms with Gasteiger partial charge in [0.2, 0.25) is 0 Å². The lowest BCUT2D eigenvalue weighted by Crippen LogP contribution is -2.54. The van der Waals surface area contributed by atoms with Crippen LogP contribution in [-0.2, 0) is 9.59 Å². The summed E-state index contributed by atoms with van der Waals surface area (Å²) in [7, 11) is 5.88. The van der Waals surface area contributed by atoms with Crippen LogP contribution >= 0.6 is 0 Å². The summed E-state index contributed by atoms with van der Waals surface area (Å²) < 4.78 is 21.0. The van der Waals surface area contributed by atoms with Crippen LogP contribution in [0.4, 0.5) is 10.5 Å². The molecule has 2 aromatic rings. The summed E-state index contributed by atoms with van der Waals surface area (Å²) in [6, 6.07) is 7.12. The number of imide groups is 2. The van der Waals surface area contributed by atoms with E-state index in [4.69, 9.17) is 18.9 Å². The van der Waals surface area contributed by atoms with Crippen molar-refractivity contribution in [2.75, 3.05) is 33.3 Å². The first-order chi connectivity index (χ1) is 14.8. The fraction of sp³-hybridized carbons (Fsp3) is 0.227. The van der Waals surface area contributed by atoms with Gasteiger partial charge < -0.3 is 18.9 Å². The van der Waals surface area contributed by atoms with Gasteiger partial charge in [-0.1, -0.05) is 0 Å². The molecule has 1 aliphatic rings. The molecule has 1 heterocycles. The van der Waals surface area contributed by atoms with E-state index < -0.39 is 17.8 Å². The van der Waals surface area contributed by atoms with E-state index in [1.807, 2.05) is 0 Å². The lowest BCUT2D eigenvalue weighted by molar-refractivity contribution is -0.122. The van der Waals surface area contributed by atoms with Crippen LogP contribution in [0.2, 0.25) is 0 Å². The summed E-state index contributed by atoms with van der Waals surface area (Å²) in [5, 5.41) is 2.20. The zero-order valence-electron chi connectivity index (χ0n) is 17.8. The van der Waals surface area contributed by atoms with Gasteiger partial charge in [-0.25, -0.2) is 9.69 Å². The highest BCUT2D eigenvalue weighted by Gasteiger charge is 2.38. The molecule has 9 heteroatoms. The third-order valence-corrected chi connectivity index (χ3v) is 4.80. The summed E-state index contributed by atoms with van der Waals surface area (Å²) in [6.45, 7) is 1.80. The molecule has 1 saturated heterocycles. The van der Waals surface area contributed by atoms with Crippen LogP contribution in [0.5, 0.6) is 23.0 Å². The number of hydrogen-bond acceptors (Lipinski definition) is 7. The molecule has 0 bridgehead atoms. The van der Waals surface area contributed by atoms with Crippen LogP contribution in [0.15, 0.2) is 35.9 Å². The van der Waals surface area contributed by atoms with Crippen molar-refractivity contribution in [1.29, 1.82) is 0 Å². The molecule has 1 fully saturated rings. The van der Waals surface area contributed by atoms with Crippen LogP contribution in [-0.4, -0.2) is 46.3 Å². The molecular formula is C22H22N2O7. The predicted octanol–water partition coefficient (Wildman–Crippen LogP) is 2.70. The van der Waals surface area contributed by atoms with Crippen LogP contribution in [0.3, 0.4) is 0 Å². The Balaban J connectivity index is 2.09. The van der Waals surface area contributed by atoms with E-state index in [2.05, 4.69) is 5.32 Å². The number of rotatable bonds is 6. The minimum Gasteiger partial charge on any atom is -0.497 e. The number of urea groups is 1. The molecule has 4 amide bonds. The van der Waals surface area contributed by atoms with Gasteiger partial charge in [-0.05, 0) is 48.4 Å². The smallest absolute Gasteiger partial charge is 0.336 e. The highest BCUT2D eigenvalue weighted by Crippen LogP contribution is 2.35. The second-order valence-corrected chi connectivity index (χ2v) is 6.56. The van der Waals surface area contributed by atoms with Crippen LogP contribution in [0.25, 0.3) is 6.08 Å². The first-order valence-corrected chi connectivity index (χ1v) is 9.20. The van der Waals surface area contributed by atoms with Gasteiger partial charge in [0.1, 0.15) is 17.1 Å². The van der Waals surface area contributed by atoms with Crippen molar-refractivity contribution in [3.05, 3.63) is 47.0 Å². The Labute approximate surface area is 179 Å². The largest absolute Gasteiger partial charge is 0.497 e. The number of nitrogens with one attached hydrogen (secondary N) is 1. The average Bonchev–Trinajstić information content (AvgIpc) is 2.77. The van der Waals surface area contributed by atoms with Gasteiger partial charge in [0, 0.05) is 6.07 Å². The number of methoxy groups -OCH3 is 4. The molecule has 2 aromatic carbocycles. The summed E-state index contributed by atoms with van der Waals surface area (Å²) in [6.07, 6.45) is 1.41. The summed E-state index contributed by atoms with van der Waals surface area (Å²) in [5.41, 5.74) is 1.27. The number of aryl methyl sites for hydroxylation is 1. The Morgan fingerprint density at radius 1 is 0.839 bits per heavy atom. The number of anilines is 1. The Morgan fingerprint density at radius 2 is 1.48 bits per heavy atom. The minimum atomic E-state index is -0.875. The van der Waals surface area contributed by atoms with Crippen LogP contribution in [0, 0.1) is 6.92 Å². The SMILES string of the molecule is COc1ccc(N2C(=O)NC(=O)C(=Cc3cc(OC)c(OC)cc3C)C2=O)c(OC)c1. The molecule has 0 aromatic heterocycles. The molecule has 9 nitrogen and oxygen atoms in total. The first kappa shape index (κ1) is 21.7. The number of benzene rings is 2. The molecule has 0 aliphatic carbocycles. The fourth-order valence-corrected chi connectivity index (χ4v) is 3.15. The average molecular weight is 426 g/mol. The van der Waals surface area contributed by atoms with Crippen molar-refractivity contribution in [3.8, 4) is 23.0 Å². The van der Waals surface area contributed by atoms with E-state index in [0.29, 0.717) is 22.8 Å². The van der Waals surface area contributed by atoms with Crippen LogP contribution < -0.4 is 29.2 Å². The Kier molecular flexibility index (Phi) is 6.15. The summed E-state index contributed by atoms with van der Waals surface area (Å²) in [4.78, 5) is 39.0. The van der Waals surface area contributed by atoms with E-state index in [0.717, 1.165) is 10.5 Å². The van der Waals surface area contributed by atoms with Gasteiger partial charge in [-0.2, -0.15) is 0 Å². The van der Waals surface area contributed by atoms with Gasteiger partial charge in [-0.3, -0.25) is 14.9 Å². The monoisotopic (exact) mass is 426 g/mol. The molecule has 162 valence electrons. The second-order valence-electron chi connectivity index (χ2n) is 6.56. The lowest BCUT2D eigenvalue weighted by Gasteiger charge is -2.27. The zero-order valence-corrected chi connectivity index (χ0v) is 17.8. The number of ether oxygens (including phenoxy) is 4. The predicted molar refractivity (Wildman–Crippen MR) is 113 cm³/mol. The number of carbonyl (C=O) groups is 3. The maximum Gasteiger partial charge on any atom is 0.336 e.